The van der Waals surface area contributed by atoms with E-state index >= 15 is 0 Å². The summed E-state index contributed by atoms with van der Waals surface area (Å²) in [4.78, 5) is 0. The number of hydrogen-bond donors (Lipinski definition) is 0. The van der Waals surface area contributed by atoms with Crippen LogP contribution in [0.2, 0.25) is 0 Å². The van der Waals surface area contributed by atoms with Gasteiger partial charge in [-0.1, -0.05) is 30.4 Å². The molecule has 0 aliphatic carbocycles. The van der Waals surface area contributed by atoms with Gasteiger partial charge in [0.1, 0.15) is 5.75 Å². The predicted molar refractivity (Wildman–Crippen MR) is 105 cm³/mol. The van der Waals surface area contributed by atoms with Gasteiger partial charge in [-0.05, 0) is 72.5 Å². The lowest BCUT2D eigenvalue weighted by Crippen LogP contribution is -2.21. The Bertz CT molecular complexity index is 979. The molecule has 0 aliphatic rings. The summed E-state index contributed by atoms with van der Waals surface area (Å²) in [5.41, 5.74) is 0.746. The van der Waals surface area contributed by atoms with Crippen molar-refractivity contribution in [2.75, 3.05) is 7.11 Å². The van der Waals surface area contributed by atoms with E-state index in [2.05, 4.69) is 0 Å². The zero-order valence-corrected chi connectivity index (χ0v) is 15.7. The van der Waals surface area contributed by atoms with E-state index in [0.717, 1.165) is 18.4 Å². The third-order valence-electron chi connectivity index (χ3n) is 4.45. The molecule has 5 heteroatoms. The van der Waals surface area contributed by atoms with Crippen LogP contribution in [-0.4, -0.2) is 7.11 Å². The molecule has 0 atom stereocenters. The summed E-state index contributed by atoms with van der Waals surface area (Å²) in [5.74, 6) is -0.507. The highest BCUT2D eigenvalue weighted by Gasteiger charge is 2.34. The van der Waals surface area contributed by atoms with E-state index < -0.39 is 11.9 Å². The largest absolute Gasteiger partial charge is 0.494 e. The molecule has 0 radical (unpaired) electrons. The molecule has 0 N–H and O–H groups in total. The second-order valence-corrected chi connectivity index (χ2v) is 6.42. The highest BCUT2D eigenvalue weighted by atomic mass is 19.3. The smallest absolute Gasteiger partial charge is 0.426 e. The summed E-state index contributed by atoms with van der Waals surface area (Å²) in [6.45, 7) is 1.94. The van der Waals surface area contributed by atoms with Crippen molar-refractivity contribution >= 4 is 10.8 Å². The van der Waals surface area contributed by atoms with Gasteiger partial charge in [0.2, 0.25) is 0 Å². The number of alkyl halides is 2. The summed E-state index contributed by atoms with van der Waals surface area (Å²) < 4.78 is 52.9. The first-order valence-electron chi connectivity index (χ1n) is 8.97. The van der Waals surface area contributed by atoms with Crippen LogP contribution in [0.1, 0.15) is 24.5 Å². The molecule has 3 rings (SSSR count). The summed E-state index contributed by atoms with van der Waals surface area (Å²) >= 11 is 0. The van der Waals surface area contributed by atoms with Crippen LogP contribution >= 0.6 is 0 Å². The number of ether oxygens (including phenoxy) is 2. The Morgan fingerprint density at radius 3 is 2.39 bits per heavy atom. The maximum Gasteiger partial charge on any atom is 0.426 e. The average molecular weight is 386 g/mol. The minimum Gasteiger partial charge on any atom is -0.494 e. The van der Waals surface area contributed by atoms with E-state index in [4.69, 9.17) is 9.47 Å². The van der Waals surface area contributed by atoms with Crippen molar-refractivity contribution in [2.45, 2.75) is 25.9 Å². The molecule has 2 nitrogen and oxygen atoms in total. The number of benzene rings is 3. The van der Waals surface area contributed by atoms with E-state index in [-0.39, 0.29) is 17.1 Å². The monoisotopic (exact) mass is 386 g/mol. The standard InChI is InChI=1S/C23H21F3O2/c1-3-4-5-6-16-7-10-19(11-8-16)23(25,26)28-20-12-9-17-15-22(27-2)21(24)14-18(17)13-20/h3-4,7-15H,5-6H2,1-2H3/b4-3+. The number of fused-ring (bicyclic) bond motifs is 1. The number of rotatable bonds is 7. The minimum atomic E-state index is -3.50. The van der Waals surface area contributed by atoms with Crippen LogP contribution in [0.4, 0.5) is 13.2 Å². The summed E-state index contributed by atoms with van der Waals surface area (Å²) in [6, 6.07) is 13.3. The molecular weight excluding hydrogens is 365 g/mol. The molecule has 0 saturated carbocycles. The maximum atomic E-state index is 14.6. The fourth-order valence-corrected chi connectivity index (χ4v) is 2.94. The first kappa shape index (κ1) is 19.8. The molecular formula is C23H21F3O2. The van der Waals surface area contributed by atoms with Gasteiger partial charge in [-0.25, -0.2) is 4.39 Å². The van der Waals surface area contributed by atoms with E-state index in [0.29, 0.717) is 10.8 Å². The molecule has 0 spiro atoms. The molecule has 146 valence electrons. The lowest BCUT2D eigenvalue weighted by atomic mass is 10.1. The minimum absolute atomic E-state index is 0.0424. The van der Waals surface area contributed by atoms with Crippen LogP contribution in [0.25, 0.3) is 10.8 Å². The van der Waals surface area contributed by atoms with E-state index in [1.165, 1.54) is 43.5 Å². The lowest BCUT2D eigenvalue weighted by Gasteiger charge is -2.19. The van der Waals surface area contributed by atoms with Gasteiger partial charge in [-0.3, -0.25) is 0 Å². The Kier molecular flexibility index (Phi) is 5.93. The van der Waals surface area contributed by atoms with Gasteiger partial charge in [0, 0.05) is 0 Å². The third-order valence-corrected chi connectivity index (χ3v) is 4.45. The van der Waals surface area contributed by atoms with Crippen LogP contribution in [-0.2, 0) is 12.5 Å². The normalized spacial score (nSPS) is 11.9. The fraction of sp³-hybridized carbons (Fsp3) is 0.217. The molecule has 0 fully saturated rings. The highest BCUT2D eigenvalue weighted by molar-refractivity contribution is 5.85. The van der Waals surface area contributed by atoms with Gasteiger partial charge in [0.15, 0.2) is 11.6 Å². The molecule has 0 amide bonds. The number of methoxy groups -OCH3 is 1. The number of halogens is 3. The Hall–Kier alpha value is -2.95. The average Bonchev–Trinajstić information content (AvgIpc) is 2.68. The van der Waals surface area contributed by atoms with Gasteiger partial charge in [-0.2, -0.15) is 8.78 Å². The molecule has 0 bridgehead atoms. The first-order chi connectivity index (χ1) is 13.4. The Balaban J connectivity index is 1.79. The molecule has 0 heterocycles. The summed E-state index contributed by atoms with van der Waals surface area (Å²) in [6.07, 6.45) is 2.14. The van der Waals surface area contributed by atoms with Gasteiger partial charge >= 0.3 is 6.11 Å². The van der Waals surface area contributed by atoms with Crippen LogP contribution in [0, 0.1) is 5.82 Å². The molecule has 0 unspecified atom stereocenters. The first-order valence-corrected chi connectivity index (χ1v) is 8.97. The van der Waals surface area contributed by atoms with E-state index in [1.807, 2.05) is 19.1 Å². The molecule has 0 aromatic heterocycles. The second kappa shape index (κ2) is 8.38. The number of aryl methyl sites for hydroxylation is 1. The highest BCUT2D eigenvalue weighted by Crippen LogP contribution is 2.34. The third kappa shape index (κ3) is 4.47. The Morgan fingerprint density at radius 1 is 0.964 bits per heavy atom. The van der Waals surface area contributed by atoms with Crippen molar-refractivity contribution < 1.29 is 22.6 Å². The van der Waals surface area contributed by atoms with Crippen molar-refractivity contribution in [3.8, 4) is 11.5 Å². The van der Waals surface area contributed by atoms with E-state index in [9.17, 15) is 13.2 Å². The molecule has 28 heavy (non-hydrogen) atoms. The van der Waals surface area contributed by atoms with Gasteiger partial charge < -0.3 is 9.47 Å². The molecule has 0 saturated heterocycles. The van der Waals surface area contributed by atoms with Crippen molar-refractivity contribution in [1.29, 1.82) is 0 Å². The maximum absolute atomic E-state index is 14.6. The molecule has 0 aliphatic heterocycles. The molecule has 3 aromatic carbocycles. The van der Waals surface area contributed by atoms with Crippen molar-refractivity contribution in [2.24, 2.45) is 0 Å². The van der Waals surface area contributed by atoms with Gasteiger partial charge in [0.25, 0.3) is 0 Å². The number of hydrogen-bond acceptors (Lipinski definition) is 2. The zero-order chi connectivity index (χ0) is 20.1. The van der Waals surface area contributed by atoms with Crippen LogP contribution in [0.3, 0.4) is 0 Å². The Labute approximate surface area is 162 Å². The number of allylic oxidation sites excluding steroid dienone is 2. The Morgan fingerprint density at radius 2 is 1.71 bits per heavy atom. The predicted octanol–water partition coefficient (Wildman–Crippen LogP) is 6.62. The van der Waals surface area contributed by atoms with Crippen molar-refractivity contribution in [3.63, 3.8) is 0 Å². The topological polar surface area (TPSA) is 18.5 Å². The van der Waals surface area contributed by atoms with Gasteiger partial charge in [-0.15, -0.1) is 0 Å². The van der Waals surface area contributed by atoms with Crippen molar-refractivity contribution in [3.05, 3.63) is 83.7 Å². The molecule has 3 aromatic rings. The second-order valence-electron chi connectivity index (χ2n) is 6.42. The van der Waals surface area contributed by atoms with Crippen LogP contribution in [0.5, 0.6) is 11.5 Å². The van der Waals surface area contributed by atoms with Gasteiger partial charge in [0.05, 0.1) is 12.7 Å². The summed E-state index contributed by atoms with van der Waals surface area (Å²) in [5, 5.41) is 1.12. The van der Waals surface area contributed by atoms with Crippen molar-refractivity contribution in [1.82, 2.24) is 0 Å². The van der Waals surface area contributed by atoms with E-state index in [1.54, 1.807) is 18.2 Å². The quantitative estimate of drug-likeness (QED) is 0.425. The van der Waals surface area contributed by atoms with Crippen LogP contribution in [0.15, 0.2) is 66.7 Å². The van der Waals surface area contributed by atoms with Crippen LogP contribution < -0.4 is 9.47 Å². The summed E-state index contributed by atoms with van der Waals surface area (Å²) in [7, 11) is 1.37. The SMILES string of the molecule is C/C=C/CCc1ccc(C(F)(F)Oc2ccc3cc(OC)c(F)cc3c2)cc1. The fourth-order valence-electron chi connectivity index (χ4n) is 2.94. The lowest BCUT2D eigenvalue weighted by molar-refractivity contribution is -0.185. The zero-order valence-electron chi connectivity index (χ0n) is 15.7.